The van der Waals surface area contributed by atoms with Crippen LogP contribution in [0.2, 0.25) is 0 Å². The van der Waals surface area contributed by atoms with Crippen LogP contribution in [0.3, 0.4) is 0 Å². The first-order chi connectivity index (χ1) is 9.96. The molecule has 0 spiro atoms. The molecule has 3 rings (SSSR count). The van der Waals surface area contributed by atoms with Crippen LogP contribution in [0.25, 0.3) is 0 Å². The van der Waals surface area contributed by atoms with Crippen molar-refractivity contribution in [2.24, 2.45) is 23.5 Å². The van der Waals surface area contributed by atoms with Gasteiger partial charge in [0.25, 0.3) is 0 Å². The van der Waals surface area contributed by atoms with Crippen LogP contribution in [0.1, 0.15) is 51.9 Å². The number of amides is 1. The van der Waals surface area contributed by atoms with Crippen molar-refractivity contribution in [3.05, 3.63) is 0 Å². The van der Waals surface area contributed by atoms with Crippen LogP contribution >= 0.6 is 0 Å². The molecule has 120 valence electrons. The molecule has 4 atom stereocenters. The van der Waals surface area contributed by atoms with Gasteiger partial charge in [0.05, 0.1) is 5.54 Å². The van der Waals surface area contributed by atoms with Gasteiger partial charge in [0.2, 0.25) is 5.91 Å². The summed E-state index contributed by atoms with van der Waals surface area (Å²) < 4.78 is 0. The van der Waals surface area contributed by atoms with E-state index in [2.05, 4.69) is 17.3 Å². The zero-order chi connectivity index (χ0) is 15.0. The number of primary amides is 1. The maximum Gasteiger partial charge on any atom is 0.237 e. The summed E-state index contributed by atoms with van der Waals surface area (Å²) >= 11 is 0. The Morgan fingerprint density at radius 3 is 2.57 bits per heavy atom. The lowest BCUT2D eigenvalue weighted by Gasteiger charge is -2.32. The van der Waals surface area contributed by atoms with Crippen LogP contribution in [0.5, 0.6) is 0 Å². The number of hydrogen-bond acceptors (Lipinski definition) is 3. The number of nitrogens with two attached hydrogens (primary N) is 1. The third-order valence-corrected chi connectivity index (χ3v) is 6.07. The number of hydrogen-bond donors (Lipinski definition) is 2. The summed E-state index contributed by atoms with van der Waals surface area (Å²) in [5.74, 6) is 2.68. The first-order valence-electron chi connectivity index (χ1n) is 8.72. The van der Waals surface area contributed by atoms with Gasteiger partial charge in [0.1, 0.15) is 0 Å². The Labute approximate surface area is 128 Å². The van der Waals surface area contributed by atoms with E-state index in [1.54, 1.807) is 0 Å². The molecule has 3 fully saturated rings. The molecule has 3 saturated carbocycles. The zero-order valence-corrected chi connectivity index (χ0v) is 13.6. The maximum absolute atomic E-state index is 11.8. The van der Waals surface area contributed by atoms with Gasteiger partial charge in [0.15, 0.2) is 0 Å². The molecule has 21 heavy (non-hydrogen) atoms. The van der Waals surface area contributed by atoms with Gasteiger partial charge >= 0.3 is 0 Å². The van der Waals surface area contributed by atoms with E-state index >= 15 is 0 Å². The fourth-order valence-corrected chi connectivity index (χ4v) is 4.45. The van der Waals surface area contributed by atoms with Crippen LogP contribution in [-0.4, -0.2) is 42.5 Å². The van der Waals surface area contributed by atoms with Crippen molar-refractivity contribution in [1.29, 1.82) is 0 Å². The van der Waals surface area contributed by atoms with Crippen molar-refractivity contribution >= 4 is 5.91 Å². The molecule has 0 radical (unpaired) electrons. The predicted molar refractivity (Wildman–Crippen MR) is 84.8 cm³/mol. The standard InChI is InChI=1S/C17H31N3O/c1-17(16(18)21,19-15-5-6-15)7-8-20(2)11-14-10-12-3-4-13(14)9-12/h12-15,19H,3-11H2,1-2H3,(H2,18,21). The SMILES string of the molecule is CN(CCC(C)(NC1CC1)C(N)=O)CC1CC2CCC1C2. The maximum atomic E-state index is 11.8. The number of nitrogens with zero attached hydrogens (tertiary/aromatic N) is 1. The van der Waals surface area contributed by atoms with Crippen LogP contribution in [0, 0.1) is 17.8 Å². The highest BCUT2D eigenvalue weighted by molar-refractivity contribution is 5.84. The Balaban J connectivity index is 1.45. The van der Waals surface area contributed by atoms with E-state index in [0.717, 1.165) is 30.7 Å². The molecule has 4 nitrogen and oxygen atoms in total. The van der Waals surface area contributed by atoms with Gasteiger partial charge in [-0.2, -0.15) is 0 Å². The smallest absolute Gasteiger partial charge is 0.237 e. The van der Waals surface area contributed by atoms with E-state index in [4.69, 9.17) is 5.73 Å². The summed E-state index contributed by atoms with van der Waals surface area (Å²) in [5.41, 5.74) is 5.09. The van der Waals surface area contributed by atoms with Gasteiger partial charge in [-0.05, 0) is 70.3 Å². The number of carbonyl (C=O) groups excluding carboxylic acids is 1. The Hall–Kier alpha value is -0.610. The molecular formula is C17H31N3O. The molecular weight excluding hydrogens is 262 g/mol. The summed E-state index contributed by atoms with van der Waals surface area (Å²) in [5, 5.41) is 3.44. The summed E-state index contributed by atoms with van der Waals surface area (Å²) in [6, 6.07) is 0.512. The molecule has 2 bridgehead atoms. The average Bonchev–Trinajstić information content (AvgIpc) is 2.99. The summed E-state index contributed by atoms with van der Waals surface area (Å²) in [6.07, 6.45) is 9.01. The minimum atomic E-state index is -0.538. The monoisotopic (exact) mass is 293 g/mol. The van der Waals surface area contributed by atoms with E-state index in [0.29, 0.717) is 6.04 Å². The highest BCUT2D eigenvalue weighted by atomic mass is 16.1. The molecule has 0 heterocycles. The largest absolute Gasteiger partial charge is 0.368 e. The molecule has 0 aromatic carbocycles. The first-order valence-corrected chi connectivity index (χ1v) is 8.72. The molecule has 4 heteroatoms. The Kier molecular flexibility index (Phi) is 4.28. The first kappa shape index (κ1) is 15.3. The van der Waals surface area contributed by atoms with E-state index in [1.165, 1.54) is 45.1 Å². The highest BCUT2D eigenvalue weighted by Crippen LogP contribution is 2.48. The van der Waals surface area contributed by atoms with Crippen molar-refractivity contribution in [2.75, 3.05) is 20.1 Å². The van der Waals surface area contributed by atoms with E-state index in [-0.39, 0.29) is 5.91 Å². The second-order valence-electron chi connectivity index (χ2n) is 8.06. The third-order valence-electron chi connectivity index (χ3n) is 6.07. The molecule has 0 saturated heterocycles. The van der Waals surface area contributed by atoms with E-state index in [9.17, 15) is 4.79 Å². The van der Waals surface area contributed by atoms with Crippen molar-refractivity contribution in [2.45, 2.75) is 63.5 Å². The quantitative estimate of drug-likeness (QED) is 0.717. The normalized spacial score (nSPS) is 34.3. The summed E-state index contributed by atoms with van der Waals surface area (Å²) in [7, 11) is 2.20. The molecule has 3 aliphatic rings. The van der Waals surface area contributed by atoms with Gasteiger partial charge in [0, 0.05) is 19.1 Å². The topological polar surface area (TPSA) is 58.4 Å². The molecule has 3 aliphatic carbocycles. The van der Waals surface area contributed by atoms with Crippen molar-refractivity contribution in [3.8, 4) is 0 Å². The van der Waals surface area contributed by atoms with Gasteiger partial charge in [-0.1, -0.05) is 6.42 Å². The van der Waals surface area contributed by atoms with Gasteiger partial charge in [-0.15, -0.1) is 0 Å². The lowest BCUT2D eigenvalue weighted by atomic mass is 9.88. The number of carbonyl (C=O) groups is 1. The number of rotatable bonds is 8. The second-order valence-corrected chi connectivity index (χ2v) is 8.06. The van der Waals surface area contributed by atoms with Gasteiger partial charge in [-0.3, -0.25) is 4.79 Å². The summed E-state index contributed by atoms with van der Waals surface area (Å²) in [6.45, 7) is 4.12. The molecule has 0 aliphatic heterocycles. The number of nitrogens with one attached hydrogen (secondary N) is 1. The Morgan fingerprint density at radius 1 is 1.29 bits per heavy atom. The van der Waals surface area contributed by atoms with Gasteiger partial charge in [-0.25, -0.2) is 0 Å². The highest BCUT2D eigenvalue weighted by Gasteiger charge is 2.40. The van der Waals surface area contributed by atoms with Crippen molar-refractivity contribution in [3.63, 3.8) is 0 Å². The molecule has 3 N–H and O–H groups in total. The molecule has 0 aromatic rings. The Bertz CT molecular complexity index is 395. The summed E-state index contributed by atoms with van der Waals surface area (Å²) in [4.78, 5) is 14.2. The van der Waals surface area contributed by atoms with Gasteiger partial charge < -0.3 is 16.0 Å². The lowest BCUT2D eigenvalue weighted by molar-refractivity contribution is -0.124. The molecule has 0 aromatic heterocycles. The van der Waals surface area contributed by atoms with Crippen LogP contribution in [0.15, 0.2) is 0 Å². The average molecular weight is 293 g/mol. The van der Waals surface area contributed by atoms with E-state index in [1.807, 2.05) is 6.92 Å². The second kappa shape index (κ2) is 5.88. The fraction of sp³-hybridized carbons (Fsp3) is 0.941. The van der Waals surface area contributed by atoms with Crippen LogP contribution in [-0.2, 0) is 4.79 Å². The molecule has 1 amide bonds. The van der Waals surface area contributed by atoms with Crippen LogP contribution < -0.4 is 11.1 Å². The van der Waals surface area contributed by atoms with Crippen molar-refractivity contribution < 1.29 is 4.79 Å². The minimum Gasteiger partial charge on any atom is -0.368 e. The number of fused-ring (bicyclic) bond motifs is 2. The minimum absolute atomic E-state index is 0.206. The van der Waals surface area contributed by atoms with E-state index < -0.39 is 5.54 Å². The lowest BCUT2D eigenvalue weighted by Crippen LogP contribution is -2.55. The predicted octanol–water partition coefficient (Wildman–Crippen LogP) is 1.74. The zero-order valence-electron chi connectivity index (χ0n) is 13.6. The fourth-order valence-electron chi connectivity index (χ4n) is 4.45. The van der Waals surface area contributed by atoms with Crippen LogP contribution in [0.4, 0.5) is 0 Å². The Morgan fingerprint density at radius 2 is 2.05 bits per heavy atom. The van der Waals surface area contributed by atoms with Crippen molar-refractivity contribution in [1.82, 2.24) is 10.2 Å². The third kappa shape index (κ3) is 3.59. The molecule has 4 unspecified atom stereocenters.